The number of amides is 2. The summed E-state index contributed by atoms with van der Waals surface area (Å²) in [4.78, 5) is 11.8. The Bertz CT molecular complexity index is 246. The first-order chi connectivity index (χ1) is 8.65. The summed E-state index contributed by atoms with van der Waals surface area (Å²) in [6, 6.07) is 0.312. The molecule has 18 heavy (non-hydrogen) atoms. The molecule has 2 amide bonds. The van der Waals surface area contributed by atoms with Gasteiger partial charge in [0, 0.05) is 19.2 Å². The van der Waals surface area contributed by atoms with Gasteiger partial charge in [-0.25, -0.2) is 4.79 Å². The van der Waals surface area contributed by atoms with E-state index >= 15 is 0 Å². The summed E-state index contributed by atoms with van der Waals surface area (Å²) in [5.41, 5.74) is 0.0434. The number of carbonyl (C=O) groups is 1. The van der Waals surface area contributed by atoms with Gasteiger partial charge in [0.1, 0.15) is 0 Å². The molecule has 4 nitrogen and oxygen atoms in total. The van der Waals surface area contributed by atoms with Crippen LogP contribution in [0.4, 0.5) is 4.79 Å². The molecule has 0 heterocycles. The Kier molecular flexibility index (Phi) is 6.47. The number of hydrogen-bond donors (Lipinski definition) is 3. The summed E-state index contributed by atoms with van der Waals surface area (Å²) in [6.45, 7) is 5.08. The highest BCUT2D eigenvalue weighted by Gasteiger charge is 2.26. The summed E-state index contributed by atoms with van der Waals surface area (Å²) in [6.07, 6.45) is 7.38. The van der Waals surface area contributed by atoms with Gasteiger partial charge >= 0.3 is 6.03 Å². The molecule has 0 saturated heterocycles. The third kappa shape index (κ3) is 4.48. The van der Waals surface area contributed by atoms with Crippen LogP contribution in [0.25, 0.3) is 0 Å². The highest BCUT2D eigenvalue weighted by molar-refractivity contribution is 5.74. The van der Waals surface area contributed by atoms with E-state index in [1.807, 2.05) is 0 Å². The highest BCUT2D eigenvalue weighted by atomic mass is 16.3. The Hall–Kier alpha value is -0.770. The Morgan fingerprint density at radius 1 is 1.28 bits per heavy atom. The van der Waals surface area contributed by atoms with Crippen molar-refractivity contribution in [3.8, 4) is 0 Å². The van der Waals surface area contributed by atoms with E-state index < -0.39 is 0 Å². The van der Waals surface area contributed by atoms with E-state index in [-0.39, 0.29) is 18.1 Å². The van der Waals surface area contributed by atoms with Crippen molar-refractivity contribution in [2.45, 2.75) is 64.8 Å². The molecule has 1 saturated carbocycles. The molecule has 0 bridgehead atoms. The molecule has 106 valence electrons. The first-order valence-electron chi connectivity index (χ1n) is 7.31. The van der Waals surface area contributed by atoms with Crippen LogP contribution in [0.15, 0.2) is 0 Å². The second kappa shape index (κ2) is 7.62. The molecule has 0 unspecified atom stereocenters. The molecule has 1 rings (SSSR count). The van der Waals surface area contributed by atoms with Gasteiger partial charge in [-0.3, -0.25) is 0 Å². The van der Waals surface area contributed by atoms with Crippen molar-refractivity contribution in [1.29, 1.82) is 0 Å². The second-order valence-corrected chi connectivity index (χ2v) is 5.49. The smallest absolute Gasteiger partial charge is 0.315 e. The normalized spacial score (nSPS) is 16.8. The Balaban J connectivity index is 2.33. The van der Waals surface area contributed by atoms with Crippen LogP contribution in [0.1, 0.15) is 58.8 Å². The van der Waals surface area contributed by atoms with Crippen LogP contribution in [0.5, 0.6) is 0 Å². The lowest BCUT2D eigenvalue weighted by atomic mass is 9.79. The van der Waals surface area contributed by atoms with Crippen LogP contribution >= 0.6 is 0 Å². The van der Waals surface area contributed by atoms with Crippen molar-refractivity contribution in [3.63, 3.8) is 0 Å². The number of rotatable bonds is 7. The fraction of sp³-hybridized carbons (Fsp3) is 0.929. The van der Waals surface area contributed by atoms with Crippen LogP contribution in [0.2, 0.25) is 0 Å². The Morgan fingerprint density at radius 2 is 1.89 bits per heavy atom. The van der Waals surface area contributed by atoms with Crippen molar-refractivity contribution < 1.29 is 9.90 Å². The molecule has 0 radical (unpaired) electrons. The van der Waals surface area contributed by atoms with Crippen LogP contribution in [-0.4, -0.2) is 30.3 Å². The molecule has 1 aliphatic rings. The summed E-state index contributed by atoms with van der Waals surface area (Å²) < 4.78 is 0. The zero-order valence-electron chi connectivity index (χ0n) is 11.8. The molecular weight excluding hydrogens is 228 g/mol. The van der Waals surface area contributed by atoms with Gasteiger partial charge < -0.3 is 15.7 Å². The fourth-order valence-electron chi connectivity index (χ4n) is 2.75. The quantitative estimate of drug-likeness (QED) is 0.655. The number of nitrogens with one attached hydrogen (secondary N) is 2. The predicted octanol–water partition coefficient (Wildman–Crippen LogP) is 2.42. The lowest BCUT2D eigenvalue weighted by molar-refractivity contribution is 0.163. The summed E-state index contributed by atoms with van der Waals surface area (Å²) in [5.74, 6) is 0. The maximum absolute atomic E-state index is 11.8. The maximum atomic E-state index is 11.8. The highest BCUT2D eigenvalue weighted by Crippen LogP contribution is 2.29. The van der Waals surface area contributed by atoms with Gasteiger partial charge in [-0.15, -0.1) is 0 Å². The summed E-state index contributed by atoms with van der Waals surface area (Å²) in [7, 11) is 0. The van der Waals surface area contributed by atoms with Gasteiger partial charge in [0.25, 0.3) is 0 Å². The topological polar surface area (TPSA) is 61.4 Å². The molecule has 0 aromatic heterocycles. The second-order valence-electron chi connectivity index (χ2n) is 5.49. The summed E-state index contributed by atoms with van der Waals surface area (Å²) in [5, 5.41) is 15.1. The maximum Gasteiger partial charge on any atom is 0.315 e. The van der Waals surface area contributed by atoms with Crippen LogP contribution < -0.4 is 10.6 Å². The van der Waals surface area contributed by atoms with E-state index in [1.54, 1.807) is 0 Å². The Labute approximate surface area is 111 Å². The minimum Gasteiger partial charge on any atom is -0.396 e. The molecule has 0 spiro atoms. The first kappa shape index (κ1) is 15.3. The van der Waals surface area contributed by atoms with Gasteiger partial charge in [0.05, 0.1) is 0 Å². The third-order valence-corrected chi connectivity index (χ3v) is 4.46. The van der Waals surface area contributed by atoms with Crippen LogP contribution in [-0.2, 0) is 0 Å². The lowest BCUT2D eigenvalue weighted by Gasteiger charge is -2.31. The number of hydrogen-bond acceptors (Lipinski definition) is 2. The molecule has 3 N–H and O–H groups in total. The first-order valence-corrected chi connectivity index (χ1v) is 7.31. The van der Waals surface area contributed by atoms with Crippen molar-refractivity contribution in [2.75, 3.05) is 13.2 Å². The predicted molar refractivity (Wildman–Crippen MR) is 73.5 cm³/mol. The molecule has 0 atom stereocenters. The van der Waals surface area contributed by atoms with Crippen molar-refractivity contribution in [1.82, 2.24) is 10.6 Å². The third-order valence-electron chi connectivity index (χ3n) is 4.46. The Morgan fingerprint density at radius 3 is 2.39 bits per heavy atom. The zero-order valence-corrected chi connectivity index (χ0v) is 11.8. The van der Waals surface area contributed by atoms with Crippen LogP contribution in [0, 0.1) is 5.41 Å². The molecule has 0 aliphatic heterocycles. The average molecular weight is 256 g/mol. The number of carbonyl (C=O) groups excluding carboxylic acids is 1. The number of urea groups is 1. The van der Waals surface area contributed by atoms with E-state index in [0.29, 0.717) is 12.6 Å². The van der Waals surface area contributed by atoms with Crippen molar-refractivity contribution in [2.24, 2.45) is 5.41 Å². The van der Waals surface area contributed by atoms with E-state index in [0.717, 1.165) is 32.1 Å². The summed E-state index contributed by atoms with van der Waals surface area (Å²) >= 11 is 0. The van der Waals surface area contributed by atoms with E-state index in [2.05, 4.69) is 24.5 Å². The van der Waals surface area contributed by atoms with E-state index in [9.17, 15) is 4.79 Å². The van der Waals surface area contributed by atoms with Gasteiger partial charge in [-0.1, -0.05) is 26.7 Å². The molecule has 0 aromatic rings. The minimum absolute atomic E-state index is 0.0434. The fourth-order valence-corrected chi connectivity index (χ4v) is 2.75. The standard InChI is InChI=1S/C14H28N2O2/c1-3-14(4-2,9-10-17)11-15-13(18)16-12-7-5-6-8-12/h12,17H,3-11H2,1-2H3,(H2,15,16,18). The molecule has 0 aromatic carbocycles. The number of aliphatic hydroxyl groups excluding tert-OH is 1. The molecule has 4 heteroatoms. The zero-order chi connectivity index (χ0) is 13.4. The van der Waals surface area contributed by atoms with E-state index in [1.165, 1.54) is 12.8 Å². The lowest BCUT2D eigenvalue weighted by Crippen LogP contribution is -2.45. The molecular formula is C14H28N2O2. The van der Waals surface area contributed by atoms with Crippen molar-refractivity contribution >= 4 is 6.03 Å². The number of aliphatic hydroxyl groups is 1. The van der Waals surface area contributed by atoms with Gasteiger partial charge in [-0.2, -0.15) is 0 Å². The minimum atomic E-state index is -0.0499. The van der Waals surface area contributed by atoms with E-state index in [4.69, 9.17) is 5.11 Å². The van der Waals surface area contributed by atoms with Crippen LogP contribution in [0.3, 0.4) is 0 Å². The monoisotopic (exact) mass is 256 g/mol. The average Bonchev–Trinajstić information content (AvgIpc) is 2.87. The van der Waals surface area contributed by atoms with Gasteiger partial charge in [-0.05, 0) is 37.5 Å². The molecule has 1 fully saturated rings. The van der Waals surface area contributed by atoms with Gasteiger partial charge in [0.15, 0.2) is 0 Å². The SMILES string of the molecule is CCC(CC)(CCO)CNC(=O)NC1CCCC1. The largest absolute Gasteiger partial charge is 0.396 e. The molecule has 1 aliphatic carbocycles. The van der Waals surface area contributed by atoms with Gasteiger partial charge in [0.2, 0.25) is 0 Å². The van der Waals surface area contributed by atoms with Crippen molar-refractivity contribution in [3.05, 3.63) is 0 Å².